The quantitative estimate of drug-likeness (QED) is 0.873. The predicted octanol–water partition coefficient (Wildman–Crippen LogP) is 3.84. The lowest BCUT2D eigenvalue weighted by molar-refractivity contribution is 0.0577. The fourth-order valence-electron chi connectivity index (χ4n) is 4.40. The fraction of sp³-hybridized carbons (Fsp3) is 0.500. The Kier molecular flexibility index (Phi) is 4.87. The summed E-state index contributed by atoms with van der Waals surface area (Å²) in [6.07, 6.45) is 4.66. The molecule has 144 valence electrons. The molecule has 2 heterocycles. The highest BCUT2D eigenvalue weighted by Gasteiger charge is 2.40. The molecule has 0 radical (unpaired) electrons. The molecular weight excluding hydrogens is 354 g/mol. The minimum absolute atomic E-state index is 0.122. The maximum absolute atomic E-state index is 12.8. The topological polar surface area (TPSA) is 49.6 Å². The van der Waals surface area contributed by atoms with Gasteiger partial charge in [0.15, 0.2) is 0 Å². The van der Waals surface area contributed by atoms with Gasteiger partial charge in [-0.25, -0.2) is 0 Å². The van der Waals surface area contributed by atoms with Gasteiger partial charge in [0.1, 0.15) is 0 Å². The normalized spacial score (nSPS) is 21.5. The summed E-state index contributed by atoms with van der Waals surface area (Å²) < 4.78 is 0. The third kappa shape index (κ3) is 3.22. The monoisotopic (exact) mass is 383 g/mol. The van der Waals surface area contributed by atoms with E-state index in [1.807, 2.05) is 11.8 Å². The Hall–Kier alpha value is -1.69. The number of hydrogen-bond donors (Lipinski definition) is 1. The summed E-state index contributed by atoms with van der Waals surface area (Å²) in [5, 5.41) is 0. The first-order valence-electron chi connectivity index (χ1n) is 9.84. The average Bonchev–Trinajstić information content (AvgIpc) is 3.19. The number of rotatable bonds is 4. The number of aryl methyl sites for hydroxylation is 1. The van der Waals surface area contributed by atoms with Gasteiger partial charge >= 0.3 is 0 Å². The zero-order valence-electron chi connectivity index (χ0n) is 16.5. The largest absolute Gasteiger partial charge is 0.336 e. The molecule has 2 fully saturated rings. The van der Waals surface area contributed by atoms with Gasteiger partial charge in [0.2, 0.25) is 0 Å². The number of likely N-dealkylation sites (tertiary alicyclic amines) is 1. The Morgan fingerprint density at radius 3 is 2.48 bits per heavy atom. The summed E-state index contributed by atoms with van der Waals surface area (Å²) >= 11 is 1.61. The Labute approximate surface area is 166 Å². The van der Waals surface area contributed by atoms with Crippen LogP contribution in [0.3, 0.4) is 0 Å². The van der Waals surface area contributed by atoms with Crippen molar-refractivity contribution < 1.29 is 4.79 Å². The molecular formula is C22H29N3OS. The highest BCUT2D eigenvalue weighted by atomic mass is 32.1. The summed E-state index contributed by atoms with van der Waals surface area (Å²) in [5.41, 5.74) is 9.83. The average molecular weight is 384 g/mol. The number of nitrogens with zero attached hydrogens (tertiary/aromatic N) is 2. The zero-order chi connectivity index (χ0) is 19.2. The number of hydrogen-bond acceptors (Lipinski definition) is 4. The summed E-state index contributed by atoms with van der Waals surface area (Å²) in [4.78, 5) is 19.1. The first-order chi connectivity index (χ1) is 12.9. The number of carbonyl (C=O) groups is 1. The van der Waals surface area contributed by atoms with Crippen LogP contribution in [0, 0.1) is 6.92 Å². The van der Waals surface area contributed by atoms with E-state index in [4.69, 9.17) is 5.73 Å². The first kappa shape index (κ1) is 18.7. The molecule has 5 heteroatoms. The molecule has 0 bridgehead atoms. The van der Waals surface area contributed by atoms with E-state index in [1.54, 1.807) is 11.3 Å². The third-order valence-corrected chi connectivity index (χ3v) is 7.64. The maximum atomic E-state index is 12.8. The van der Waals surface area contributed by atoms with E-state index in [0.29, 0.717) is 6.54 Å². The molecule has 4 rings (SSSR count). The van der Waals surface area contributed by atoms with E-state index in [2.05, 4.69) is 49.3 Å². The predicted molar refractivity (Wildman–Crippen MR) is 112 cm³/mol. The molecule has 2 N–H and O–H groups in total. The second kappa shape index (κ2) is 7.04. The summed E-state index contributed by atoms with van der Waals surface area (Å²) in [7, 11) is 4.36. The van der Waals surface area contributed by atoms with Crippen molar-refractivity contribution in [2.24, 2.45) is 5.73 Å². The molecule has 0 spiro atoms. The molecule has 1 aromatic carbocycles. The lowest BCUT2D eigenvalue weighted by Crippen LogP contribution is -2.47. The molecule has 2 aliphatic rings. The lowest BCUT2D eigenvalue weighted by atomic mass is 9.71. The van der Waals surface area contributed by atoms with Gasteiger partial charge in [-0.05, 0) is 69.5 Å². The minimum atomic E-state index is 0.122. The molecule has 1 atom stereocenters. The van der Waals surface area contributed by atoms with E-state index >= 15 is 0 Å². The Morgan fingerprint density at radius 1 is 1.26 bits per heavy atom. The summed E-state index contributed by atoms with van der Waals surface area (Å²) in [6, 6.07) is 11.2. The molecule has 1 aliphatic carbocycles. The van der Waals surface area contributed by atoms with Gasteiger partial charge in [-0.2, -0.15) is 0 Å². The second-order valence-corrected chi connectivity index (χ2v) is 9.33. The molecule has 1 amide bonds. The van der Waals surface area contributed by atoms with Crippen LogP contribution in [-0.2, 0) is 5.54 Å². The van der Waals surface area contributed by atoms with Gasteiger partial charge in [0, 0.05) is 29.5 Å². The highest BCUT2D eigenvalue weighted by molar-refractivity contribution is 7.17. The molecule has 2 aromatic rings. The molecule has 1 saturated carbocycles. The molecule has 27 heavy (non-hydrogen) atoms. The first-order valence-corrected chi connectivity index (χ1v) is 10.7. The highest BCUT2D eigenvalue weighted by Crippen LogP contribution is 2.45. The van der Waals surface area contributed by atoms with Crippen LogP contribution < -0.4 is 5.73 Å². The smallest absolute Gasteiger partial charge is 0.264 e. The van der Waals surface area contributed by atoms with Gasteiger partial charge in [0.05, 0.1) is 4.88 Å². The molecule has 4 nitrogen and oxygen atoms in total. The number of carbonyl (C=O) groups excluding carboxylic acids is 1. The summed E-state index contributed by atoms with van der Waals surface area (Å²) in [6.45, 7) is 3.48. The Bertz CT molecular complexity index is 836. The van der Waals surface area contributed by atoms with E-state index in [9.17, 15) is 4.79 Å². The van der Waals surface area contributed by atoms with Crippen LogP contribution in [0.4, 0.5) is 0 Å². The van der Waals surface area contributed by atoms with Crippen LogP contribution in [0.5, 0.6) is 0 Å². The van der Waals surface area contributed by atoms with Gasteiger partial charge in [-0.15, -0.1) is 11.3 Å². The molecule has 0 unspecified atom stereocenters. The van der Waals surface area contributed by atoms with E-state index in [0.717, 1.165) is 23.4 Å². The van der Waals surface area contributed by atoms with Crippen LogP contribution >= 0.6 is 11.3 Å². The Morgan fingerprint density at radius 2 is 1.96 bits per heavy atom. The number of benzene rings is 1. The van der Waals surface area contributed by atoms with Gasteiger partial charge in [0.25, 0.3) is 5.91 Å². The van der Waals surface area contributed by atoms with Gasteiger partial charge in [-0.1, -0.05) is 24.3 Å². The van der Waals surface area contributed by atoms with Crippen LogP contribution in [0.1, 0.15) is 46.5 Å². The molecule has 1 aromatic heterocycles. The SMILES string of the molecule is Cc1cc(-c2ccc(C3(N(C)C)CCC3)cc2)sc1C(=O)N1CC[C@H](N)C1. The van der Waals surface area contributed by atoms with Crippen LogP contribution in [0.2, 0.25) is 0 Å². The Balaban J connectivity index is 1.57. The van der Waals surface area contributed by atoms with Crippen LogP contribution in [0.25, 0.3) is 10.4 Å². The molecule has 1 aliphatic heterocycles. The lowest BCUT2D eigenvalue weighted by Gasteiger charge is -2.48. The van der Waals surface area contributed by atoms with Gasteiger partial charge < -0.3 is 10.6 Å². The van der Waals surface area contributed by atoms with Crippen LogP contribution in [-0.4, -0.2) is 48.9 Å². The standard InChI is InChI=1S/C22H29N3OS/c1-15-13-19(27-20(15)21(26)25-12-9-18(23)14-25)16-5-7-17(8-6-16)22(24(2)3)10-4-11-22/h5-8,13,18H,4,9-12,14,23H2,1-3H3/t18-/m0/s1. The fourth-order valence-corrected chi connectivity index (χ4v) is 5.55. The van der Waals surface area contributed by atoms with Crippen molar-refractivity contribution in [1.29, 1.82) is 0 Å². The van der Waals surface area contributed by atoms with E-state index in [-0.39, 0.29) is 17.5 Å². The molecule has 1 saturated heterocycles. The number of amides is 1. The van der Waals surface area contributed by atoms with Crippen molar-refractivity contribution in [3.63, 3.8) is 0 Å². The minimum Gasteiger partial charge on any atom is -0.336 e. The number of thiophene rings is 1. The van der Waals surface area contributed by atoms with Crippen molar-refractivity contribution in [3.8, 4) is 10.4 Å². The van der Waals surface area contributed by atoms with Gasteiger partial charge in [-0.3, -0.25) is 9.69 Å². The second-order valence-electron chi connectivity index (χ2n) is 8.28. The van der Waals surface area contributed by atoms with E-state index in [1.165, 1.54) is 35.3 Å². The zero-order valence-corrected chi connectivity index (χ0v) is 17.3. The van der Waals surface area contributed by atoms with Crippen molar-refractivity contribution in [3.05, 3.63) is 46.3 Å². The van der Waals surface area contributed by atoms with Crippen molar-refractivity contribution >= 4 is 17.2 Å². The van der Waals surface area contributed by atoms with E-state index < -0.39 is 0 Å². The number of nitrogens with two attached hydrogens (primary N) is 1. The summed E-state index contributed by atoms with van der Waals surface area (Å²) in [5.74, 6) is 0.134. The maximum Gasteiger partial charge on any atom is 0.264 e. The third-order valence-electron chi connectivity index (χ3n) is 6.37. The van der Waals surface area contributed by atoms with Crippen molar-refractivity contribution in [2.45, 2.75) is 44.2 Å². The van der Waals surface area contributed by atoms with Crippen molar-refractivity contribution in [1.82, 2.24) is 9.80 Å². The van der Waals surface area contributed by atoms with Crippen LogP contribution in [0.15, 0.2) is 30.3 Å². The van der Waals surface area contributed by atoms with Crippen molar-refractivity contribution in [2.75, 3.05) is 27.2 Å².